The number of hydrogen-bond donors (Lipinski definition) is 2. The summed E-state index contributed by atoms with van der Waals surface area (Å²) in [5.74, 6) is -1.18. The fourth-order valence-corrected chi connectivity index (χ4v) is 1.97. The number of carbonyl (C=O) groups excluding carboxylic acids is 1. The van der Waals surface area contributed by atoms with E-state index < -0.39 is 5.97 Å². The zero-order chi connectivity index (χ0) is 18.2. The second-order valence-electron chi connectivity index (χ2n) is 4.89. The van der Waals surface area contributed by atoms with E-state index in [1.54, 1.807) is 54.6 Å². The Balaban J connectivity index is 1.91. The van der Waals surface area contributed by atoms with Crippen LogP contribution in [0.1, 0.15) is 5.56 Å². The molecule has 2 rings (SSSR count). The number of anilines is 1. The highest BCUT2D eigenvalue weighted by molar-refractivity contribution is 6.30. The third-order valence-electron chi connectivity index (χ3n) is 3.04. The maximum absolute atomic E-state index is 11.8. The van der Waals surface area contributed by atoms with Gasteiger partial charge < -0.3 is 15.2 Å². The number of carboxylic acids is 1. The molecule has 0 aliphatic carbocycles. The van der Waals surface area contributed by atoms with Crippen molar-refractivity contribution >= 4 is 35.2 Å². The van der Waals surface area contributed by atoms with Crippen molar-refractivity contribution in [2.24, 2.45) is 0 Å². The maximum atomic E-state index is 11.8. The summed E-state index contributed by atoms with van der Waals surface area (Å²) in [7, 11) is 0. The van der Waals surface area contributed by atoms with Crippen LogP contribution in [0.3, 0.4) is 0 Å². The van der Waals surface area contributed by atoms with Crippen molar-refractivity contribution in [2.45, 2.75) is 0 Å². The number of benzene rings is 2. The third kappa shape index (κ3) is 5.68. The summed E-state index contributed by atoms with van der Waals surface area (Å²) in [6, 6.07) is 14.6. The van der Waals surface area contributed by atoms with Gasteiger partial charge in [0.2, 0.25) is 0 Å². The van der Waals surface area contributed by atoms with Crippen molar-refractivity contribution in [3.8, 4) is 11.8 Å². The molecule has 7 heteroatoms. The number of aliphatic carboxylic acids is 1. The summed E-state index contributed by atoms with van der Waals surface area (Å²) >= 11 is 5.77. The van der Waals surface area contributed by atoms with Crippen molar-refractivity contribution in [3.63, 3.8) is 0 Å². The normalized spacial score (nSPS) is 10.6. The first kappa shape index (κ1) is 18.0. The number of amides is 1. The molecule has 0 aliphatic rings. The average molecular weight is 357 g/mol. The molecular formula is C18H13ClN2O4. The summed E-state index contributed by atoms with van der Waals surface area (Å²) in [6.07, 6.45) is 1.25. The van der Waals surface area contributed by atoms with Crippen LogP contribution in [0.2, 0.25) is 5.02 Å². The Morgan fingerprint density at radius 1 is 1.16 bits per heavy atom. The standard InChI is InChI=1S/C18H13ClN2O4/c19-14-3-5-15(6-4-14)21-17(22)11-25-16-7-1-12(2-8-16)9-13(10-20)18(23)24/h1-9H,11H2,(H,21,22)(H,23,24)/b13-9+. The average Bonchev–Trinajstić information content (AvgIpc) is 2.60. The molecule has 6 nitrogen and oxygen atoms in total. The van der Waals surface area contributed by atoms with Crippen molar-refractivity contribution in [1.82, 2.24) is 0 Å². The Bertz CT molecular complexity index is 837. The summed E-state index contributed by atoms with van der Waals surface area (Å²) in [6.45, 7) is -0.184. The third-order valence-corrected chi connectivity index (χ3v) is 3.29. The Morgan fingerprint density at radius 2 is 1.80 bits per heavy atom. The Morgan fingerprint density at radius 3 is 2.36 bits per heavy atom. The molecule has 0 unspecified atom stereocenters. The molecule has 0 spiro atoms. The van der Waals surface area contributed by atoms with Gasteiger partial charge in [-0.1, -0.05) is 23.7 Å². The summed E-state index contributed by atoms with van der Waals surface area (Å²) in [5.41, 5.74) is 0.782. The van der Waals surface area contributed by atoms with Gasteiger partial charge in [-0.15, -0.1) is 0 Å². The van der Waals surface area contributed by atoms with Crippen LogP contribution in [0.25, 0.3) is 6.08 Å². The molecule has 0 radical (unpaired) electrons. The van der Waals surface area contributed by atoms with Crippen LogP contribution in [-0.4, -0.2) is 23.6 Å². The molecule has 2 aromatic carbocycles. The van der Waals surface area contributed by atoms with Gasteiger partial charge in [0.05, 0.1) is 0 Å². The summed E-state index contributed by atoms with van der Waals surface area (Å²) in [5, 5.41) is 20.8. The molecule has 25 heavy (non-hydrogen) atoms. The Kier molecular flexibility index (Phi) is 6.15. The molecule has 0 aromatic heterocycles. The fraction of sp³-hybridized carbons (Fsp3) is 0.0556. The van der Waals surface area contributed by atoms with Gasteiger partial charge in [0, 0.05) is 10.7 Å². The van der Waals surface area contributed by atoms with Crippen LogP contribution in [0.5, 0.6) is 5.75 Å². The molecular weight excluding hydrogens is 344 g/mol. The molecule has 0 heterocycles. The van der Waals surface area contributed by atoms with Gasteiger partial charge in [0.1, 0.15) is 17.4 Å². The second-order valence-corrected chi connectivity index (χ2v) is 5.32. The van der Waals surface area contributed by atoms with Gasteiger partial charge in [-0.2, -0.15) is 5.26 Å². The first-order chi connectivity index (χ1) is 12.0. The zero-order valence-corrected chi connectivity index (χ0v) is 13.7. The van der Waals surface area contributed by atoms with E-state index in [1.165, 1.54) is 6.08 Å². The van der Waals surface area contributed by atoms with Crippen LogP contribution in [-0.2, 0) is 9.59 Å². The molecule has 2 aromatic rings. The number of halogens is 1. The van der Waals surface area contributed by atoms with E-state index in [1.807, 2.05) is 0 Å². The number of carboxylic acid groups (broad SMARTS) is 1. The number of ether oxygens (including phenoxy) is 1. The smallest absolute Gasteiger partial charge is 0.346 e. The maximum Gasteiger partial charge on any atom is 0.346 e. The quantitative estimate of drug-likeness (QED) is 0.610. The van der Waals surface area contributed by atoms with Gasteiger partial charge in [0.25, 0.3) is 5.91 Å². The van der Waals surface area contributed by atoms with Crippen LogP contribution < -0.4 is 10.1 Å². The molecule has 0 saturated carbocycles. The van der Waals surface area contributed by atoms with Crippen LogP contribution in [0, 0.1) is 11.3 Å². The topological polar surface area (TPSA) is 99.4 Å². The van der Waals surface area contributed by atoms with E-state index in [0.29, 0.717) is 22.0 Å². The molecule has 0 saturated heterocycles. The summed E-state index contributed by atoms with van der Waals surface area (Å²) < 4.78 is 5.36. The van der Waals surface area contributed by atoms with E-state index in [4.69, 9.17) is 26.7 Å². The van der Waals surface area contributed by atoms with Gasteiger partial charge in [-0.3, -0.25) is 4.79 Å². The number of nitrogens with zero attached hydrogens (tertiary/aromatic N) is 1. The minimum absolute atomic E-state index is 0.184. The largest absolute Gasteiger partial charge is 0.484 e. The zero-order valence-electron chi connectivity index (χ0n) is 12.9. The Labute approximate surface area is 148 Å². The van der Waals surface area contributed by atoms with Crippen molar-refractivity contribution in [2.75, 3.05) is 11.9 Å². The molecule has 0 fully saturated rings. The molecule has 126 valence electrons. The van der Waals surface area contributed by atoms with Gasteiger partial charge in [-0.25, -0.2) is 4.79 Å². The fourth-order valence-electron chi connectivity index (χ4n) is 1.85. The molecule has 2 N–H and O–H groups in total. The van der Waals surface area contributed by atoms with Crippen molar-refractivity contribution < 1.29 is 19.4 Å². The van der Waals surface area contributed by atoms with Crippen molar-refractivity contribution in [1.29, 1.82) is 5.26 Å². The lowest BCUT2D eigenvalue weighted by molar-refractivity contribution is -0.132. The van der Waals surface area contributed by atoms with Crippen molar-refractivity contribution in [3.05, 3.63) is 64.7 Å². The summed E-state index contributed by atoms with van der Waals surface area (Å²) in [4.78, 5) is 22.6. The molecule has 1 amide bonds. The van der Waals surface area contributed by atoms with Gasteiger partial charge in [0.15, 0.2) is 6.61 Å². The van der Waals surface area contributed by atoms with E-state index in [9.17, 15) is 9.59 Å². The number of nitriles is 1. The molecule has 0 atom stereocenters. The predicted molar refractivity (Wildman–Crippen MR) is 93.2 cm³/mol. The van der Waals surface area contributed by atoms with E-state index in [0.717, 1.165) is 0 Å². The second kappa shape index (κ2) is 8.52. The van der Waals surface area contributed by atoms with E-state index in [-0.39, 0.29) is 18.1 Å². The minimum Gasteiger partial charge on any atom is -0.484 e. The number of carbonyl (C=O) groups is 2. The van der Waals surface area contributed by atoms with Gasteiger partial charge in [-0.05, 0) is 48.0 Å². The monoisotopic (exact) mass is 356 g/mol. The van der Waals surface area contributed by atoms with Gasteiger partial charge >= 0.3 is 5.97 Å². The molecule has 0 aliphatic heterocycles. The lowest BCUT2D eigenvalue weighted by Gasteiger charge is -2.08. The predicted octanol–water partition coefficient (Wildman–Crippen LogP) is 3.35. The first-order valence-corrected chi connectivity index (χ1v) is 7.49. The van der Waals surface area contributed by atoms with Crippen LogP contribution in [0.15, 0.2) is 54.1 Å². The lowest BCUT2D eigenvalue weighted by atomic mass is 10.1. The first-order valence-electron chi connectivity index (χ1n) is 7.11. The highest BCUT2D eigenvalue weighted by atomic mass is 35.5. The highest BCUT2D eigenvalue weighted by Crippen LogP contribution is 2.16. The lowest BCUT2D eigenvalue weighted by Crippen LogP contribution is -2.20. The van der Waals surface area contributed by atoms with E-state index in [2.05, 4.69) is 5.32 Å². The molecule has 0 bridgehead atoms. The SMILES string of the molecule is N#C/C(=C\c1ccc(OCC(=O)Nc2ccc(Cl)cc2)cc1)C(=O)O. The highest BCUT2D eigenvalue weighted by Gasteiger charge is 2.06. The van der Waals surface area contributed by atoms with Crippen LogP contribution >= 0.6 is 11.6 Å². The minimum atomic E-state index is -1.29. The van der Waals surface area contributed by atoms with Crippen LogP contribution in [0.4, 0.5) is 5.69 Å². The number of nitrogens with one attached hydrogen (secondary N) is 1. The Hall–Kier alpha value is -3.30. The van der Waals surface area contributed by atoms with E-state index >= 15 is 0 Å². The number of hydrogen-bond acceptors (Lipinski definition) is 4. The number of rotatable bonds is 6.